The van der Waals surface area contributed by atoms with Crippen molar-refractivity contribution in [2.45, 2.75) is 45.7 Å². The van der Waals surface area contributed by atoms with E-state index in [1.165, 1.54) is 44.2 Å². The highest BCUT2D eigenvalue weighted by Crippen LogP contribution is 2.25. The topological polar surface area (TPSA) is 3.01 Å². The summed E-state index contributed by atoms with van der Waals surface area (Å²) in [6, 6.07) is 2.98. The number of rotatable bonds is 7. The molecular formula is C12H25NSi. The summed E-state index contributed by atoms with van der Waals surface area (Å²) in [5, 5.41) is 0. The van der Waals surface area contributed by atoms with Gasteiger partial charge >= 0.3 is 0 Å². The average Bonchev–Trinajstić information content (AvgIpc) is 2.89. The summed E-state index contributed by atoms with van der Waals surface area (Å²) in [4.78, 5) is 2.62. The number of allylic oxidation sites excluding steroid dienone is 1. The van der Waals surface area contributed by atoms with Gasteiger partial charge in [0.05, 0.1) is 8.07 Å². The van der Waals surface area contributed by atoms with Crippen LogP contribution in [0.1, 0.15) is 33.6 Å². The first kappa shape index (κ1) is 12.0. The normalized spacial score (nSPS) is 17.9. The Morgan fingerprint density at radius 1 is 1.14 bits per heavy atom. The lowest BCUT2D eigenvalue weighted by atomic mass is 10.6. The second kappa shape index (κ2) is 5.71. The molecule has 14 heavy (non-hydrogen) atoms. The van der Waals surface area contributed by atoms with Gasteiger partial charge in [-0.05, 0) is 13.1 Å². The lowest BCUT2D eigenvalue weighted by Crippen LogP contribution is -2.40. The molecule has 0 radical (unpaired) electrons. The summed E-state index contributed by atoms with van der Waals surface area (Å²) in [6.45, 7) is 9.58. The van der Waals surface area contributed by atoms with Crippen LogP contribution in [0.4, 0.5) is 0 Å². The van der Waals surface area contributed by atoms with Crippen LogP contribution in [0.5, 0.6) is 0 Å². The molecule has 1 heterocycles. The number of nitrogens with zero attached hydrogens (tertiary/aromatic N) is 1. The number of hydrogen-bond donors (Lipinski definition) is 0. The molecule has 1 aliphatic heterocycles. The second-order valence-electron chi connectivity index (χ2n) is 4.64. The van der Waals surface area contributed by atoms with Crippen molar-refractivity contribution in [1.29, 1.82) is 0 Å². The van der Waals surface area contributed by atoms with Crippen molar-refractivity contribution in [2.24, 2.45) is 0 Å². The second-order valence-corrected chi connectivity index (χ2v) is 9.01. The molecule has 0 bridgehead atoms. The van der Waals surface area contributed by atoms with Crippen molar-refractivity contribution < 1.29 is 0 Å². The van der Waals surface area contributed by atoms with Gasteiger partial charge in [0, 0.05) is 13.1 Å². The maximum absolute atomic E-state index is 2.62. The van der Waals surface area contributed by atoms with Gasteiger partial charge in [-0.25, -0.2) is 0 Å². The Morgan fingerprint density at radius 3 is 2.07 bits per heavy atom. The van der Waals surface area contributed by atoms with E-state index in [1.54, 1.807) is 0 Å². The molecule has 0 aliphatic carbocycles. The van der Waals surface area contributed by atoms with E-state index in [9.17, 15) is 0 Å². The summed E-state index contributed by atoms with van der Waals surface area (Å²) in [6.07, 6.45) is 6.47. The van der Waals surface area contributed by atoms with Crippen LogP contribution in [0, 0.1) is 0 Å². The van der Waals surface area contributed by atoms with Crippen LogP contribution < -0.4 is 0 Å². The van der Waals surface area contributed by atoms with Gasteiger partial charge in [-0.15, -0.1) is 0 Å². The maximum Gasteiger partial charge on any atom is 0.0917 e. The molecule has 1 aliphatic rings. The Kier molecular flexibility index (Phi) is 4.89. The predicted octanol–water partition coefficient (Wildman–Crippen LogP) is 3.23. The molecular weight excluding hydrogens is 186 g/mol. The zero-order valence-corrected chi connectivity index (χ0v) is 11.1. The molecule has 1 saturated heterocycles. The molecule has 0 aromatic heterocycles. The third-order valence-corrected chi connectivity index (χ3v) is 8.20. The van der Waals surface area contributed by atoms with Crippen LogP contribution in [0.2, 0.25) is 12.1 Å². The van der Waals surface area contributed by atoms with E-state index in [4.69, 9.17) is 0 Å². The van der Waals surface area contributed by atoms with Crippen molar-refractivity contribution in [1.82, 2.24) is 4.90 Å². The minimum Gasteiger partial charge on any atom is -0.303 e. The highest BCUT2D eigenvalue weighted by molar-refractivity contribution is 6.84. The van der Waals surface area contributed by atoms with Gasteiger partial charge in [0.25, 0.3) is 0 Å². The molecule has 0 amide bonds. The highest BCUT2D eigenvalue weighted by atomic mass is 28.3. The first-order valence-corrected chi connectivity index (χ1v) is 8.82. The van der Waals surface area contributed by atoms with Crippen LogP contribution in [0.25, 0.3) is 0 Å². The minimum atomic E-state index is -1.05. The predicted molar refractivity (Wildman–Crippen MR) is 67.2 cm³/mol. The van der Waals surface area contributed by atoms with Crippen molar-refractivity contribution in [3.63, 3.8) is 0 Å². The lowest BCUT2D eigenvalue weighted by Gasteiger charge is -2.28. The highest BCUT2D eigenvalue weighted by Gasteiger charge is 2.33. The molecule has 2 heteroatoms. The SMILES string of the molecule is C/C=C\[Si](CCC)(CCC)CN1CC1. The Bertz CT molecular complexity index is 179. The molecule has 0 spiro atoms. The van der Waals surface area contributed by atoms with Gasteiger partial charge in [0.1, 0.15) is 0 Å². The maximum atomic E-state index is 2.62. The average molecular weight is 211 g/mol. The van der Waals surface area contributed by atoms with Crippen molar-refractivity contribution >= 4 is 8.07 Å². The summed E-state index contributed by atoms with van der Waals surface area (Å²) >= 11 is 0. The molecule has 0 atom stereocenters. The number of hydrogen-bond acceptors (Lipinski definition) is 1. The quantitative estimate of drug-likeness (QED) is 0.461. The van der Waals surface area contributed by atoms with E-state index in [-0.39, 0.29) is 0 Å². The van der Waals surface area contributed by atoms with E-state index in [0.717, 1.165) is 0 Å². The van der Waals surface area contributed by atoms with Gasteiger partial charge in [0.2, 0.25) is 0 Å². The fourth-order valence-corrected chi connectivity index (χ4v) is 7.44. The van der Waals surface area contributed by atoms with E-state index >= 15 is 0 Å². The zero-order valence-electron chi connectivity index (χ0n) is 10.1. The lowest BCUT2D eigenvalue weighted by molar-refractivity contribution is 0.641. The van der Waals surface area contributed by atoms with Crippen LogP contribution in [0.3, 0.4) is 0 Å². The zero-order chi connectivity index (χ0) is 10.4. The van der Waals surface area contributed by atoms with Gasteiger partial charge in [-0.1, -0.05) is 50.6 Å². The van der Waals surface area contributed by atoms with Crippen molar-refractivity contribution in [2.75, 3.05) is 19.3 Å². The molecule has 0 N–H and O–H groups in total. The fourth-order valence-electron chi connectivity index (χ4n) is 2.53. The third-order valence-electron chi connectivity index (χ3n) is 3.09. The molecule has 82 valence electrons. The van der Waals surface area contributed by atoms with Crippen LogP contribution in [0.15, 0.2) is 11.8 Å². The van der Waals surface area contributed by atoms with Crippen LogP contribution >= 0.6 is 0 Å². The first-order valence-electron chi connectivity index (χ1n) is 6.12. The van der Waals surface area contributed by atoms with Crippen molar-refractivity contribution in [3.05, 3.63) is 11.8 Å². The molecule has 0 saturated carbocycles. The van der Waals surface area contributed by atoms with Gasteiger partial charge < -0.3 is 4.90 Å². The molecule has 1 rings (SSSR count). The van der Waals surface area contributed by atoms with E-state index in [0.29, 0.717) is 0 Å². The minimum absolute atomic E-state index is 1.05. The summed E-state index contributed by atoms with van der Waals surface area (Å²) < 4.78 is 0. The Hall–Kier alpha value is -0.0831. The Balaban J connectivity index is 2.59. The molecule has 0 unspecified atom stereocenters. The molecule has 0 aromatic carbocycles. The monoisotopic (exact) mass is 211 g/mol. The van der Waals surface area contributed by atoms with Crippen LogP contribution in [-0.2, 0) is 0 Å². The Morgan fingerprint density at radius 2 is 1.71 bits per heavy atom. The molecule has 1 nitrogen and oxygen atoms in total. The van der Waals surface area contributed by atoms with Crippen LogP contribution in [-0.4, -0.2) is 32.2 Å². The van der Waals surface area contributed by atoms with Gasteiger partial charge in [-0.3, -0.25) is 0 Å². The molecule has 1 fully saturated rings. The van der Waals surface area contributed by atoms with Gasteiger partial charge in [-0.2, -0.15) is 0 Å². The standard InChI is InChI=1S/C12H25NSi/c1-4-9-14(10-5-2,11-6-3)12-13-7-8-13/h4,9H,5-8,10-12H2,1-3H3/b9-4-. The van der Waals surface area contributed by atoms with E-state index in [1.807, 2.05) is 0 Å². The van der Waals surface area contributed by atoms with Gasteiger partial charge in [0.15, 0.2) is 0 Å². The Labute approximate surface area is 90.2 Å². The summed E-state index contributed by atoms with van der Waals surface area (Å²) in [5.74, 6) is 0. The largest absolute Gasteiger partial charge is 0.303 e. The smallest absolute Gasteiger partial charge is 0.0917 e. The summed E-state index contributed by atoms with van der Waals surface area (Å²) in [7, 11) is -1.05. The van der Waals surface area contributed by atoms with E-state index < -0.39 is 8.07 Å². The summed E-state index contributed by atoms with van der Waals surface area (Å²) in [5.41, 5.74) is 2.60. The third kappa shape index (κ3) is 3.58. The first-order chi connectivity index (χ1) is 6.76. The fraction of sp³-hybridized carbons (Fsp3) is 0.833. The van der Waals surface area contributed by atoms with Crippen molar-refractivity contribution in [3.8, 4) is 0 Å². The molecule has 0 aromatic rings. The van der Waals surface area contributed by atoms with E-state index in [2.05, 4.69) is 37.4 Å².